The molecule has 0 aliphatic rings. The summed E-state index contributed by atoms with van der Waals surface area (Å²) in [5, 5.41) is 6.26. The number of anilines is 2. The first-order valence-electron chi connectivity index (χ1n) is 6.37. The molecule has 2 rings (SSSR count). The third kappa shape index (κ3) is 5.54. The van der Waals surface area contributed by atoms with E-state index in [9.17, 15) is 13.6 Å². The molecule has 0 aliphatic heterocycles. The van der Waals surface area contributed by atoms with Crippen LogP contribution in [0, 0.1) is 0 Å². The van der Waals surface area contributed by atoms with Crippen LogP contribution in [0.3, 0.4) is 0 Å². The highest BCUT2D eigenvalue weighted by atomic mass is 35.5. The average molecular weight is 343 g/mol. The van der Waals surface area contributed by atoms with Crippen LogP contribution >= 0.6 is 23.4 Å². The Balaban J connectivity index is 1.82. The van der Waals surface area contributed by atoms with Gasteiger partial charge in [-0.1, -0.05) is 23.4 Å². The zero-order valence-corrected chi connectivity index (χ0v) is 12.9. The maximum atomic E-state index is 12.2. The minimum absolute atomic E-state index is 0.0924. The molecule has 1 amide bonds. The number of hydrogen-bond donors (Lipinski definition) is 2. The van der Waals surface area contributed by atoms with E-state index in [1.54, 1.807) is 48.5 Å². The van der Waals surface area contributed by atoms with Crippen LogP contribution in [0.15, 0.2) is 53.4 Å². The predicted molar refractivity (Wildman–Crippen MR) is 86.9 cm³/mol. The number of carbonyl (C=O) groups is 1. The molecule has 2 aromatic carbocycles. The second-order valence-corrected chi connectivity index (χ2v) is 5.81. The second-order valence-electron chi connectivity index (χ2n) is 4.31. The zero-order chi connectivity index (χ0) is 15.9. The Bertz CT molecular complexity index is 620. The minimum atomic E-state index is -2.45. The van der Waals surface area contributed by atoms with Crippen molar-refractivity contribution in [3.63, 3.8) is 0 Å². The maximum absolute atomic E-state index is 12.2. The van der Waals surface area contributed by atoms with E-state index in [1.807, 2.05) is 0 Å². The Labute approximate surface area is 136 Å². The van der Waals surface area contributed by atoms with Crippen molar-refractivity contribution >= 4 is 40.6 Å². The molecule has 0 aromatic heterocycles. The van der Waals surface area contributed by atoms with Crippen LogP contribution in [0.2, 0.25) is 5.02 Å². The number of amides is 1. The lowest BCUT2D eigenvalue weighted by atomic mass is 10.3. The van der Waals surface area contributed by atoms with Crippen LogP contribution in [-0.4, -0.2) is 18.2 Å². The van der Waals surface area contributed by atoms with Gasteiger partial charge in [0.1, 0.15) is 0 Å². The second kappa shape index (κ2) is 8.00. The van der Waals surface area contributed by atoms with Crippen LogP contribution in [0.4, 0.5) is 20.2 Å². The number of benzene rings is 2. The number of hydrogen-bond acceptors (Lipinski definition) is 3. The van der Waals surface area contributed by atoms with Crippen LogP contribution in [0.25, 0.3) is 0 Å². The minimum Gasteiger partial charge on any atom is -0.376 e. The van der Waals surface area contributed by atoms with Gasteiger partial charge in [-0.2, -0.15) is 8.78 Å². The van der Waals surface area contributed by atoms with Crippen LogP contribution < -0.4 is 10.6 Å². The Morgan fingerprint density at radius 2 is 1.64 bits per heavy atom. The van der Waals surface area contributed by atoms with Crippen molar-refractivity contribution < 1.29 is 13.6 Å². The molecule has 0 bridgehead atoms. The monoisotopic (exact) mass is 342 g/mol. The summed E-state index contributed by atoms with van der Waals surface area (Å²) in [4.78, 5) is 12.2. The molecular formula is C15H13ClF2N2OS. The highest BCUT2D eigenvalue weighted by Crippen LogP contribution is 2.26. The number of thioether (sulfide) groups is 1. The van der Waals surface area contributed by atoms with Gasteiger partial charge in [0, 0.05) is 21.3 Å². The molecule has 0 aliphatic carbocycles. The molecule has 0 radical (unpaired) electrons. The van der Waals surface area contributed by atoms with E-state index in [-0.39, 0.29) is 12.5 Å². The van der Waals surface area contributed by atoms with Crippen LogP contribution in [-0.2, 0) is 4.79 Å². The molecule has 7 heteroatoms. The lowest BCUT2D eigenvalue weighted by molar-refractivity contribution is -0.114. The van der Waals surface area contributed by atoms with Gasteiger partial charge < -0.3 is 10.6 Å². The van der Waals surface area contributed by atoms with Gasteiger partial charge in [0.2, 0.25) is 5.91 Å². The molecule has 0 saturated carbocycles. The summed E-state index contributed by atoms with van der Waals surface area (Å²) in [7, 11) is 0. The predicted octanol–water partition coefficient (Wildman–Crippen LogP) is 4.71. The number of halogens is 3. The fourth-order valence-corrected chi connectivity index (χ4v) is 2.30. The van der Waals surface area contributed by atoms with Gasteiger partial charge in [0.15, 0.2) is 0 Å². The Kier molecular flexibility index (Phi) is 6.03. The Morgan fingerprint density at radius 3 is 2.23 bits per heavy atom. The first-order valence-corrected chi connectivity index (χ1v) is 7.63. The molecule has 2 N–H and O–H groups in total. The van der Waals surface area contributed by atoms with Crippen molar-refractivity contribution in [2.75, 3.05) is 17.2 Å². The molecule has 116 valence electrons. The third-order valence-corrected chi connectivity index (χ3v) is 3.64. The van der Waals surface area contributed by atoms with Crippen LogP contribution in [0.1, 0.15) is 0 Å². The highest BCUT2D eigenvalue weighted by Gasteiger charge is 2.06. The van der Waals surface area contributed by atoms with E-state index in [1.165, 1.54) is 0 Å². The number of nitrogens with one attached hydrogen (secondary N) is 2. The Morgan fingerprint density at radius 1 is 1.05 bits per heavy atom. The maximum Gasteiger partial charge on any atom is 0.288 e. The van der Waals surface area contributed by atoms with Crippen molar-refractivity contribution in [2.24, 2.45) is 0 Å². The molecule has 22 heavy (non-hydrogen) atoms. The number of rotatable bonds is 6. The summed E-state index contributed by atoms with van der Waals surface area (Å²) in [5.41, 5.74) is 1.34. The van der Waals surface area contributed by atoms with Crippen molar-refractivity contribution in [1.29, 1.82) is 0 Å². The topological polar surface area (TPSA) is 41.1 Å². The molecule has 0 atom stereocenters. The molecule has 0 heterocycles. The van der Waals surface area contributed by atoms with Crippen molar-refractivity contribution in [3.8, 4) is 0 Å². The lowest BCUT2D eigenvalue weighted by Crippen LogP contribution is -2.21. The molecule has 0 unspecified atom stereocenters. The van der Waals surface area contributed by atoms with E-state index in [0.717, 1.165) is 5.69 Å². The molecule has 0 saturated heterocycles. The molecular weight excluding hydrogens is 330 g/mol. The van der Waals surface area contributed by atoms with Gasteiger partial charge in [0.25, 0.3) is 5.76 Å². The lowest BCUT2D eigenvalue weighted by Gasteiger charge is -2.08. The summed E-state index contributed by atoms with van der Waals surface area (Å²) < 4.78 is 24.4. The van der Waals surface area contributed by atoms with Crippen molar-refractivity contribution in [3.05, 3.63) is 53.6 Å². The summed E-state index contributed by atoms with van der Waals surface area (Å²) in [5.74, 6) is -2.69. The van der Waals surface area contributed by atoms with E-state index >= 15 is 0 Å². The smallest absolute Gasteiger partial charge is 0.288 e. The van der Waals surface area contributed by atoms with Crippen LogP contribution in [0.5, 0.6) is 0 Å². The third-order valence-electron chi connectivity index (χ3n) is 2.66. The molecule has 0 fully saturated rings. The fourth-order valence-electron chi connectivity index (χ4n) is 1.67. The molecule has 2 aromatic rings. The molecule has 3 nitrogen and oxygen atoms in total. The summed E-state index contributed by atoms with van der Waals surface area (Å²) in [6.45, 7) is 0.0924. The van der Waals surface area contributed by atoms with E-state index in [4.69, 9.17) is 11.6 Å². The first-order chi connectivity index (χ1) is 10.5. The van der Waals surface area contributed by atoms with Gasteiger partial charge in [-0.25, -0.2) is 0 Å². The van der Waals surface area contributed by atoms with E-state index in [2.05, 4.69) is 10.6 Å². The number of alkyl halides is 2. The van der Waals surface area contributed by atoms with Crippen molar-refractivity contribution in [1.82, 2.24) is 0 Å². The van der Waals surface area contributed by atoms with Crippen molar-refractivity contribution in [2.45, 2.75) is 10.7 Å². The quantitative estimate of drug-likeness (QED) is 0.747. The normalized spacial score (nSPS) is 10.5. The van der Waals surface area contributed by atoms with Gasteiger partial charge in [0.05, 0.1) is 6.54 Å². The fraction of sp³-hybridized carbons (Fsp3) is 0.133. The Hall–Kier alpha value is -1.79. The molecule has 0 spiro atoms. The first kappa shape index (κ1) is 16.6. The van der Waals surface area contributed by atoms with Gasteiger partial charge in [-0.3, -0.25) is 4.79 Å². The van der Waals surface area contributed by atoms with Gasteiger partial charge in [-0.15, -0.1) is 0 Å². The average Bonchev–Trinajstić information content (AvgIpc) is 2.48. The largest absolute Gasteiger partial charge is 0.376 e. The summed E-state index contributed by atoms with van der Waals surface area (Å²) in [6.07, 6.45) is 0. The van der Waals surface area contributed by atoms with E-state index in [0.29, 0.717) is 27.4 Å². The number of carbonyl (C=O) groups excluding carboxylic acids is 1. The van der Waals surface area contributed by atoms with Gasteiger partial charge >= 0.3 is 0 Å². The zero-order valence-electron chi connectivity index (χ0n) is 11.4. The van der Waals surface area contributed by atoms with Gasteiger partial charge in [-0.05, 0) is 48.5 Å². The SMILES string of the molecule is O=C(CNc1ccc(Cl)cc1)Nc1ccc(SC(F)F)cc1. The summed E-state index contributed by atoms with van der Waals surface area (Å²) >= 11 is 6.24. The summed E-state index contributed by atoms with van der Waals surface area (Å²) in [6, 6.07) is 13.2. The van der Waals surface area contributed by atoms with E-state index < -0.39 is 5.76 Å². The highest BCUT2D eigenvalue weighted by molar-refractivity contribution is 7.99. The standard InChI is InChI=1S/C15H13ClF2N2OS/c16-10-1-3-11(4-2-10)19-9-14(21)20-12-5-7-13(8-6-12)22-15(17)18/h1-8,15,19H,9H2,(H,20,21).